The summed E-state index contributed by atoms with van der Waals surface area (Å²) in [5, 5.41) is 9.24. The van der Waals surface area contributed by atoms with Crippen molar-refractivity contribution in [2.24, 2.45) is 5.92 Å². The third-order valence-electron chi connectivity index (χ3n) is 6.30. The number of fused-ring (bicyclic) bond motifs is 2. The average molecular weight is 370 g/mol. The predicted molar refractivity (Wildman–Crippen MR) is 101 cm³/mol. The lowest BCUT2D eigenvalue weighted by Crippen LogP contribution is -2.54. The second-order valence-corrected chi connectivity index (χ2v) is 7.79. The minimum Gasteiger partial charge on any atom is -0.372 e. The number of anilines is 1. The van der Waals surface area contributed by atoms with Gasteiger partial charge in [-0.1, -0.05) is 18.2 Å². The maximum absolute atomic E-state index is 13.0. The quantitative estimate of drug-likeness (QED) is 0.727. The number of carbonyl (C=O) groups excluding carboxylic acids is 3. The topological polar surface area (TPSA) is 90.5 Å². The van der Waals surface area contributed by atoms with Crippen LogP contribution in [0.3, 0.4) is 0 Å². The van der Waals surface area contributed by atoms with E-state index in [1.165, 1.54) is 0 Å². The Bertz CT molecular complexity index is 772. The van der Waals surface area contributed by atoms with E-state index < -0.39 is 11.5 Å². The van der Waals surface area contributed by atoms with E-state index in [1.54, 1.807) is 6.92 Å². The number of nitrogens with zero attached hydrogens (tertiary/aromatic N) is 1. The predicted octanol–water partition coefficient (Wildman–Crippen LogP) is 0.613. The van der Waals surface area contributed by atoms with Gasteiger partial charge in [0.2, 0.25) is 17.7 Å². The lowest BCUT2D eigenvalue weighted by Gasteiger charge is -2.32. The van der Waals surface area contributed by atoms with Gasteiger partial charge < -0.3 is 20.9 Å². The molecule has 4 rings (SSSR count). The summed E-state index contributed by atoms with van der Waals surface area (Å²) in [6.45, 7) is 4.25. The number of hydrogen-bond acceptors (Lipinski definition) is 4. The van der Waals surface area contributed by atoms with Gasteiger partial charge in [-0.05, 0) is 36.8 Å². The zero-order chi connectivity index (χ0) is 19.0. The summed E-state index contributed by atoms with van der Waals surface area (Å²) >= 11 is 0. The van der Waals surface area contributed by atoms with Gasteiger partial charge in [0.15, 0.2) is 0 Å². The zero-order valence-corrected chi connectivity index (χ0v) is 15.6. The van der Waals surface area contributed by atoms with Crippen LogP contribution in [0.1, 0.15) is 31.7 Å². The maximum atomic E-state index is 13.0. The number of rotatable bonds is 3. The van der Waals surface area contributed by atoms with E-state index in [0.29, 0.717) is 25.4 Å². The number of piperidine rings is 1. The molecule has 0 bridgehead atoms. The third-order valence-corrected chi connectivity index (χ3v) is 6.30. The lowest BCUT2D eigenvalue weighted by molar-refractivity contribution is -0.131. The number of nitrogens with one attached hydrogen (secondary N) is 3. The summed E-state index contributed by atoms with van der Waals surface area (Å²) in [7, 11) is 0. The van der Waals surface area contributed by atoms with Gasteiger partial charge in [-0.2, -0.15) is 0 Å². The second kappa shape index (κ2) is 6.87. The smallest absolute Gasteiger partial charge is 0.243 e. The molecule has 0 aromatic heterocycles. The highest BCUT2D eigenvalue weighted by Gasteiger charge is 2.57. The highest BCUT2D eigenvalue weighted by atomic mass is 16.2. The molecule has 27 heavy (non-hydrogen) atoms. The molecule has 7 nitrogen and oxygen atoms in total. The Balaban J connectivity index is 1.43. The van der Waals surface area contributed by atoms with Gasteiger partial charge in [-0.15, -0.1) is 0 Å². The second-order valence-electron chi connectivity index (χ2n) is 7.79. The van der Waals surface area contributed by atoms with Crippen LogP contribution in [0.15, 0.2) is 24.3 Å². The van der Waals surface area contributed by atoms with Crippen LogP contribution in [0.25, 0.3) is 0 Å². The Morgan fingerprint density at radius 3 is 2.67 bits per heavy atom. The van der Waals surface area contributed by atoms with Crippen molar-refractivity contribution >= 4 is 23.4 Å². The molecule has 3 amide bonds. The highest BCUT2D eigenvalue weighted by molar-refractivity contribution is 6.03. The van der Waals surface area contributed by atoms with Gasteiger partial charge in [0.05, 0.1) is 0 Å². The van der Waals surface area contributed by atoms with Gasteiger partial charge in [0, 0.05) is 38.8 Å². The van der Waals surface area contributed by atoms with Crippen LogP contribution >= 0.6 is 0 Å². The SMILES string of the molecule is CC(=O)N1CCC(CNC(=O)C2Nc3ccccc3C23CCNC3=O)CC1. The zero-order valence-electron chi connectivity index (χ0n) is 15.6. The maximum Gasteiger partial charge on any atom is 0.243 e. The number of hydrogen-bond donors (Lipinski definition) is 3. The molecule has 3 N–H and O–H groups in total. The number of amides is 3. The van der Waals surface area contributed by atoms with E-state index in [1.807, 2.05) is 29.2 Å². The molecule has 1 spiro atoms. The molecule has 0 aliphatic carbocycles. The molecule has 144 valence electrons. The Morgan fingerprint density at radius 1 is 1.26 bits per heavy atom. The van der Waals surface area contributed by atoms with Crippen LogP contribution in [0.4, 0.5) is 5.69 Å². The Labute approximate surface area is 158 Å². The Morgan fingerprint density at radius 2 is 2.00 bits per heavy atom. The molecule has 0 radical (unpaired) electrons. The van der Waals surface area contributed by atoms with Crippen LogP contribution in [-0.2, 0) is 19.8 Å². The first kappa shape index (κ1) is 17.8. The monoisotopic (exact) mass is 370 g/mol. The van der Waals surface area contributed by atoms with Crippen LogP contribution in [0.2, 0.25) is 0 Å². The summed E-state index contributed by atoms with van der Waals surface area (Å²) in [5.41, 5.74) is 0.956. The standard InChI is InChI=1S/C20H26N4O3/c1-13(25)24-10-6-14(7-11-24)12-22-18(26)17-20(8-9-21-19(20)27)15-4-2-3-5-16(15)23-17/h2-5,14,17,23H,6-12H2,1H3,(H,21,27)(H,22,26). The van der Waals surface area contributed by atoms with E-state index in [0.717, 1.165) is 37.2 Å². The van der Waals surface area contributed by atoms with Crippen molar-refractivity contribution in [1.82, 2.24) is 15.5 Å². The fraction of sp³-hybridized carbons (Fsp3) is 0.550. The molecule has 2 saturated heterocycles. The number of carbonyl (C=O) groups is 3. The van der Waals surface area contributed by atoms with Gasteiger partial charge in [-0.3, -0.25) is 14.4 Å². The Hall–Kier alpha value is -2.57. The minimum atomic E-state index is -0.821. The lowest BCUT2D eigenvalue weighted by atomic mass is 9.75. The van der Waals surface area contributed by atoms with Crippen molar-refractivity contribution in [2.75, 3.05) is 31.5 Å². The fourth-order valence-electron chi connectivity index (χ4n) is 4.70. The molecule has 0 saturated carbocycles. The Kier molecular flexibility index (Phi) is 4.53. The molecule has 3 heterocycles. The molecule has 1 aromatic rings. The summed E-state index contributed by atoms with van der Waals surface area (Å²) in [6.07, 6.45) is 2.40. The summed E-state index contributed by atoms with van der Waals surface area (Å²) in [6, 6.07) is 7.10. The van der Waals surface area contributed by atoms with Gasteiger partial charge in [0.1, 0.15) is 11.5 Å². The molecular formula is C20H26N4O3. The van der Waals surface area contributed by atoms with E-state index in [2.05, 4.69) is 16.0 Å². The van der Waals surface area contributed by atoms with Crippen molar-refractivity contribution in [1.29, 1.82) is 0 Å². The molecular weight excluding hydrogens is 344 g/mol. The first-order valence-electron chi connectivity index (χ1n) is 9.70. The van der Waals surface area contributed by atoms with Crippen molar-refractivity contribution < 1.29 is 14.4 Å². The molecule has 2 atom stereocenters. The molecule has 3 aliphatic heterocycles. The van der Waals surface area contributed by atoms with Gasteiger partial charge >= 0.3 is 0 Å². The first-order chi connectivity index (χ1) is 13.0. The normalized spacial score (nSPS) is 27.2. The first-order valence-corrected chi connectivity index (χ1v) is 9.70. The highest BCUT2D eigenvalue weighted by Crippen LogP contribution is 2.45. The number of para-hydroxylation sites is 1. The van der Waals surface area contributed by atoms with E-state index >= 15 is 0 Å². The molecule has 7 heteroatoms. The van der Waals surface area contributed by atoms with Crippen LogP contribution in [-0.4, -0.2) is 54.8 Å². The minimum absolute atomic E-state index is 0.0742. The van der Waals surface area contributed by atoms with Crippen molar-refractivity contribution in [3.63, 3.8) is 0 Å². The number of likely N-dealkylation sites (tertiary alicyclic amines) is 1. The van der Waals surface area contributed by atoms with Crippen LogP contribution < -0.4 is 16.0 Å². The summed E-state index contributed by atoms with van der Waals surface area (Å²) in [5.74, 6) is 0.272. The molecule has 2 fully saturated rings. The fourth-order valence-corrected chi connectivity index (χ4v) is 4.70. The van der Waals surface area contributed by atoms with Crippen LogP contribution in [0, 0.1) is 5.92 Å². The van der Waals surface area contributed by atoms with Crippen molar-refractivity contribution in [2.45, 2.75) is 37.6 Å². The largest absolute Gasteiger partial charge is 0.372 e. The van der Waals surface area contributed by atoms with Gasteiger partial charge in [-0.25, -0.2) is 0 Å². The average Bonchev–Trinajstić information content (AvgIpc) is 3.22. The van der Waals surface area contributed by atoms with Crippen LogP contribution in [0.5, 0.6) is 0 Å². The van der Waals surface area contributed by atoms with Gasteiger partial charge in [0.25, 0.3) is 0 Å². The van der Waals surface area contributed by atoms with E-state index in [-0.39, 0.29) is 17.7 Å². The van der Waals surface area contributed by atoms with Crippen molar-refractivity contribution in [3.8, 4) is 0 Å². The van der Waals surface area contributed by atoms with Crippen molar-refractivity contribution in [3.05, 3.63) is 29.8 Å². The molecule has 2 unspecified atom stereocenters. The summed E-state index contributed by atoms with van der Waals surface area (Å²) < 4.78 is 0. The molecule has 3 aliphatic rings. The third kappa shape index (κ3) is 2.95. The van der Waals surface area contributed by atoms with E-state index in [4.69, 9.17) is 0 Å². The number of benzene rings is 1. The summed E-state index contributed by atoms with van der Waals surface area (Å²) in [4.78, 5) is 39.0. The van der Waals surface area contributed by atoms with E-state index in [9.17, 15) is 14.4 Å². The molecule has 1 aromatic carbocycles.